The average Bonchev–Trinajstić information content (AvgIpc) is 3.04. The van der Waals surface area contributed by atoms with E-state index < -0.39 is 47.7 Å². The van der Waals surface area contributed by atoms with Crippen molar-refractivity contribution in [3.8, 4) is 17.6 Å². The summed E-state index contributed by atoms with van der Waals surface area (Å²) >= 11 is 0. The minimum atomic E-state index is -2.91. The van der Waals surface area contributed by atoms with Crippen LogP contribution in [0.5, 0.6) is 5.75 Å². The van der Waals surface area contributed by atoms with E-state index in [0.717, 1.165) is 52.1 Å². The highest BCUT2D eigenvalue weighted by molar-refractivity contribution is 5.95. The Bertz CT molecular complexity index is 1250. The fourth-order valence-electron chi connectivity index (χ4n) is 5.01. The van der Waals surface area contributed by atoms with Gasteiger partial charge in [0.05, 0.1) is 19.4 Å². The van der Waals surface area contributed by atoms with E-state index in [1.165, 1.54) is 18.6 Å². The van der Waals surface area contributed by atoms with Crippen molar-refractivity contribution in [3.63, 3.8) is 0 Å². The van der Waals surface area contributed by atoms with Crippen molar-refractivity contribution in [3.05, 3.63) is 42.0 Å². The van der Waals surface area contributed by atoms with Gasteiger partial charge in [-0.1, -0.05) is 75.7 Å². The van der Waals surface area contributed by atoms with Gasteiger partial charge in [-0.25, -0.2) is 15.1 Å². The lowest BCUT2D eigenvalue weighted by Gasteiger charge is -2.30. The highest BCUT2D eigenvalue weighted by Crippen LogP contribution is 2.26. The number of amides is 2. The van der Waals surface area contributed by atoms with Gasteiger partial charge in [0, 0.05) is 19.3 Å². The molecule has 48 heavy (non-hydrogen) atoms. The molecular formula is C36H52N2O10. The van der Waals surface area contributed by atoms with Crippen molar-refractivity contribution in [2.75, 3.05) is 13.7 Å². The molecule has 5 N–H and O–H groups in total. The van der Waals surface area contributed by atoms with Crippen molar-refractivity contribution in [1.29, 1.82) is 0 Å². The first-order valence-corrected chi connectivity index (χ1v) is 16.6. The van der Waals surface area contributed by atoms with Crippen molar-refractivity contribution in [2.45, 2.75) is 115 Å². The largest absolute Gasteiger partial charge is 0.481 e. The van der Waals surface area contributed by atoms with Gasteiger partial charge in [0.15, 0.2) is 5.60 Å². The van der Waals surface area contributed by atoms with E-state index in [1.54, 1.807) is 31.2 Å². The van der Waals surface area contributed by atoms with Crippen molar-refractivity contribution in [2.24, 2.45) is 5.92 Å². The van der Waals surface area contributed by atoms with Gasteiger partial charge in [0.2, 0.25) is 11.8 Å². The van der Waals surface area contributed by atoms with E-state index >= 15 is 0 Å². The lowest BCUT2D eigenvalue weighted by molar-refractivity contribution is -0.171. The van der Waals surface area contributed by atoms with E-state index in [1.807, 2.05) is 5.48 Å². The third-order valence-corrected chi connectivity index (χ3v) is 7.74. The summed E-state index contributed by atoms with van der Waals surface area (Å²) in [4.78, 5) is 66.7. The molecule has 12 heteroatoms. The van der Waals surface area contributed by atoms with Crippen LogP contribution in [0.3, 0.4) is 0 Å². The third-order valence-electron chi connectivity index (χ3n) is 7.74. The molecule has 0 saturated carbocycles. The molecule has 0 fully saturated rings. The molecule has 1 rings (SSSR count). The van der Waals surface area contributed by atoms with Crippen LogP contribution in [0, 0.1) is 17.8 Å². The van der Waals surface area contributed by atoms with Gasteiger partial charge in [-0.3, -0.25) is 19.2 Å². The fraction of sp³-hybridized carbons (Fsp3) is 0.583. The zero-order valence-electron chi connectivity index (χ0n) is 28.4. The fourth-order valence-corrected chi connectivity index (χ4v) is 5.01. The number of hydroxylamine groups is 1. The Morgan fingerprint density at radius 1 is 0.938 bits per heavy atom. The van der Waals surface area contributed by atoms with Crippen molar-refractivity contribution in [1.82, 2.24) is 10.8 Å². The molecule has 0 aliphatic carbocycles. The summed E-state index contributed by atoms with van der Waals surface area (Å²) in [5, 5.41) is 33.3. The summed E-state index contributed by atoms with van der Waals surface area (Å²) in [6, 6.07) is 5.03. The number of carbonyl (C=O) groups is 5. The summed E-state index contributed by atoms with van der Waals surface area (Å²) in [6.07, 6.45) is 11.7. The highest BCUT2D eigenvalue weighted by Gasteiger charge is 2.49. The summed E-state index contributed by atoms with van der Waals surface area (Å²) in [5.74, 6) is -0.851. The molecule has 266 valence electrons. The second kappa shape index (κ2) is 24.0. The second-order valence-corrected chi connectivity index (χ2v) is 11.7. The number of nitrogens with one attached hydrogen (secondary N) is 2. The first-order valence-electron chi connectivity index (χ1n) is 16.6. The maximum Gasteiger partial charge on any atom is 0.337 e. The molecule has 0 spiro atoms. The number of carbonyl (C=O) groups excluding carboxylic acids is 3. The third kappa shape index (κ3) is 16.6. The molecule has 12 nitrogen and oxygen atoms in total. The monoisotopic (exact) mass is 672 g/mol. The number of benzene rings is 1. The minimum Gasteiger partial charge on any atom is -0.481 e. The van der Waals surface area contributed by atoms with Gasteiger partial charge in [0.1, 0.15) is 24.2 Å². The van der Waals surface area contributed by atoms with Crippen LogP contribution in [0.15, 0.2) is 36.4 Å². The zero-order chi connectivity index (χ0) is 35.8. The number of carboxylic acid groups (broad SMARTS) is 2. The van der Waals surface area contributed by atoms with E-state index in [0.29, 0.717) is 37.0 Å². The number of Topliss-reactive ketones (excluding diaryl/α,β-unsaturated/α-hetero) is 1. The normalized spacial score (nSPS) is 13.4. The van der Waals surface area contributed by atoms with Crippen LogP contribution in [0.1, 0.15) is 103 Å². The number of hydrogen-bond acceptors (Lipinski definition) is 8. The van der Waals surface area contributed by atoms with Crippen molar-refractivity contribution >= 4 is 29.5 Å². The van der Waals surface area contributed by atoms with Crippen LogP contribution in [-0.2, 0) is 35.2 Å². The summed E-state index contributed by atoms with van der Waals surface area (Å²) in [6.45, 7) is 4.02. The number of ketones is 1. The average molecular weight is 673 g/mol. The Labute approximate surface area is 283 Å². The molecule has 0 saturated heterocycles. The second-order valence-electron chi connectivity index (χ2n) is 11.7. The van der Waals surface area contributed by atoms with Crippen LogP contribution in [0.2, 0.25) is 0 Å². The number of rotatable bonds is 26. The van der Waals surface area contributed by atoms with E-state index in [9.17, 15) is 39.3 Å². The molecule has 0 heterocycles. The van der Waals surface area contributed by atoms with Crippen LogP contribution < -0.4 is 15.5 Å². The smallest absolute Gasteiger partial charge is 0.337 e. The molecule has 3 atom stereocenters. The molecule has 2 amide bonds. The van der Waals surface area contributed by atoms with Crippen LogP contribution in [-0.4, -0.2) is 70.2 Å². The van der Waals surface area contributed by atoms with E-state index in [-0.39, 0.29) is 18.8 Å². The van der Waals surface area contributed by atoms with E-state index in [2.05, 4.69) is 28.9 Å². The van der Waals surface area contributed by atoms with Gasteiger partial charge >= 0.3 is 11.9 Å². The predicted octanol–water partition coefficient (Wildman–Crippen LogP) is 4.53. The van der Waals surface area contributed by atoms with Gasteiger partial charge in [-0.05, 0) is 50.3 Å². The predicted molar refractivity (Wildman–Crippen MR) is 180 cm³/mol. The quantitative estimate of drug-likeness (QED) is 0.0405. The Balaban J connectivity index is 2.91. The Kier molecular flexibility index (Phi) is 20.9. The number of carboxylic acids is 2. The van der Waals surface area contributed by atoms with Crippen molar-refractivity contribution < 1.29 is 48.9 Å². The summed E-state index contributed by atoms with van der Waals surface area (Å²) < 4.78 is 5.46. The molecule has 0 radical (unpaired) electrons. The number of ether oxygens (including phenoxy) is 1. The lowest BCUT2D eigenvalue weighted by atomic mass is 9.82. The number of unbranched alkanes of at least 4 members (excludes halogenated alkanes) is 8. The van der Waals surface area contributed by atoms with Crippen LogP contribution >= 0.6 is 0 Å². The topological polar surface area (TPSA) is 189 Å². The molecule has 1 aromatic carbocycles. The first kappa shape index (κ1) is 41.8. The maximum absolute atomic E-state index is 13.5. The lowest BCUT2D eigenvalue weighted by Crippen LogP contribution is -2.56. The molecule has 0 unspecified atom stereocenters. The Hall–Kier alpha value is -4.21. The Morgan fingerprint density at radius 2 is 1.56 bits per heavy atom. The molecule has 0 aromatic heterocycles. The van der Waals surface area contributed by atoms with Gasteiger partial charge in [0.25, 0.3) is 0 Å². The number of hydrogen-bond donors (Lipinski definition) is 5. The SMILES string of the molecule is CC#CCOc1ccc(C[C@H](NC(=O)[C@@H](/C=C/CCCCCCC(=O)CCCCCCC)[C@@](O)(CC(=O)NOC)C(=O)O)C(=O)O)cc1. The molecule has 0 aliphatic rings. The van der Waals surface area contributed by atoms with Gasteiger partial charge < -0.3 is 25.4 Å². The minimum absolute atomic E-state index is 0.149. The number of aliphatic carboxylic acids is 2. The Morgan fingerprint density at radius 3 is 2.12 bits per heavy atom. The first-order chi connectivity index (χ1) is 23.0. The standard InChI is InChI=1S/C36H52N2O10/c1-4-6-8-11-14-17-28(39)18-15-12-9-10-13-16-19-30(36(46,35(44)45)26-32(40)38-47-3)33(41)37-31(34(42)43)25-27-20-22-29(23-21-27)48-24-7-5-2/h16,19-23,30-31,46H,4,6,8-15,17-18,24-26H2,1-3H3,(H,37,41)(H,38,40)(H,42,43)(H,44,45)/b19-16+/t30-,31+,36+/m1/s1. The number of aliphatic hydroxyl groups is 1. The van der Waals surface area contributed by atoms with Crippen LogP contribution in [0.4, 0.5) is 0 Å². The van der Waals surface area contributed by atoms with Gasteiger partial charge in [-0.2, -0.15) is 0 Å². The highest BCUT2D eigenvalue weighted by atomic mass is 16.6. The maximum atomic E-state index is 13.5. The summed E-state index contributed by atoms with van der Waals surface area (Å²) in [5.41, 5.74) is -0.435. The van der Waals surface area contributed by atoms with Crippen LogP contribution in [0.25, 0.3) is 0 Å². The molecule has 0 bridgehead atoms. The van der Waals surface area contributed by atoms with E-state index in [4.69, 9.17) is 4.74 Å². The summed E-state index contributed by atoms with van der Waals surface area (Å²) in [7, 11) is 1.13. The van der Waals surface area contributed by atoms with Gasteiger partial charge in [-0.15, -0.1) is 5.92 Å². The molecule has 0 aliphatic heterocycles. The molecular weight excluding hydrogens is 620 g/mol. The number of allylic oxidation sites excluding steroid dienone is 1. The molecule has 1 aromatic rings. The zero-order valence-corrected chi connectivity index (χ0v) is 28.4.